The van der Waals surface area contributed by atoms with Crippen LogP contribution in [0.15, 0.2) is 42.6 Å². The minimum Gasteiger partial charge on any atom is -0.368 e. The third-order valence-electron chi connectivity index (χ3n) is 3.13. The second-order valence-corrected chi connectivity index (χ2v) is 4.94. The number of carbonyl (C=O) groups excluding carboxylic acids is 2. The van der Waals surface area contributed by atoms with Crippen LogP contribution in [0.1, 0.15) is 22.9 Å². The van der Waals surface area contributed by atoms with E-state index >= 15 is 0 Å². The zero-order chi connectivity index (χ0) is 16.1. The zero-order valence-electron chi connectivity index (χ0n) is 12.0. The van der Waals surface area contributed by atoms with Gasteiger partial charge in [-0.05, 0) is 36.2 Å². The van der Waals surface area contributed by atoms with Gasteiger partial charge in [-0.2, -0.15) is 0 Å². The summed E-state index contributed by atoms with van der Waals surface area (Å²) in [4.78, 5) is 27.7. The average Bonchev–Trinajstić information content (AvgIpc) is 2.48. The predicted octanol–water partition coefficient (Wildman–Crippen LogP) is 1.41. The molecule has 0 saturated heterocycles. The maximum absolute atomic E-state index is 12.9. The van der Waals surface area contributed by atoms with E-state index in [1.807, 2.05) is 6.92 Å². The smallest absolute Gasteiger partial charge is 0.244 e. The monoisotopic (exact) mass is 301 g/mol. The van der Waals surface area contributed by atoms with Gasteiger partial charge in [0, 0.05) is 11.9 Å². The summed E-state index contributed by atoms with van der Waals surface area (Å²) in [6.45, 7) is 1.85. The molecule has 114 valence electrons. The summed E-state index contributed by atoms with van der Waals surface area (Å²) in [7, 11) is 0. The van der Waals surface area contributed by atoms with E-state index in [0.29, 0.717) is 5.56 Å². The number of aromatic nitrogens is 1. The van der Waals surface area contributed by atoms with Crippen LogP contribution in [-0.4, -0.2) is 16.8 Å². The van der Waals surface area contributed by atoms with Gasteiger partial charge in [0.2, 0.25) is 11.8 Å². The number of halogens is 1. The molecule has 0 fully saturated rings. The van der Waals surface area contributed by atoms with E-state index in [2.05, 4.69) is 10.3 Å². The fraction of sp³-hybridized carbons (Fsp3) is 0.188. The second-order valence-electron chi connectivity index (χ2n) is 4.94. The van der Waals surface area contributed by atoms with Gasteiger partial charge in [-0.15, -0.1) is 0 Å². The second kappa shape index (κ2) is 6.80. The Bertz CT molecular complexity index is 669. The fourth-order valence-electron chi connectivity index (χ4n) is 1.97. The Kier molecular flexibility index (Phi) is 4.83. The Morgan fingerprint density at radius 3 is 2.45 bits per heavy atom. The van der Waals surface area contributed by atoms with Crippen molar-refractivity contribution < 1.29 is 14.0 Å². The summed E-state index contributed by atoms with van der Waals surface area (Å²) in [5, 5.41) is 2.55. The van der Waals surface area contributed by atoms with Crippen LogP contribution >= 0.6 is 0 Å². The number of primary amides is 1. The molecule has 1 aromatic heterocycles. The molecular formula is C16H16FN3O2. The maximum atomic E-state index is 12.9. The van der Waals surface area contributed by atoms with Crippen molar-refractivity contribution in [1.82, 2.24) is 10.3 Å². The SMILES string of the molecule is Cc1ccc(CC(=O)N[C@H](C(N)=O)c2ccc(F)cc2)cn1. The molecule has 6 heteroatoms. The number of benzene rings is 1. The topological polar surface area (TPSA) is 85.1 Å². The van der Waals surface area contributed by atoms with E-state index in [-0.39, 0.29) is 12.3 Å². The van der Waals surface area contributed by atoms with Gasteiger partial charge in [0.1, 0.15) is 11.9 Å². The van der Waals surface area contributed by atoms with Crippen LogP contribution in [0.5, 0.6) is 0 Å². The number of hydrogen-bond acceptors (Lipinski definition) is 3. The van der Waals surface area contributed by atoms with Crippen molar-refractivity contribution in [3.8, 4) is 0 Å². The fourth-order valence-corrected chi connectivity index (χ4v) is 1.97. The van der Waals surface area contributed by atoms with Gasteiger partial charge < -0.3 is 11.1 Å². The molecule has 2 amide bonds. The van der Waals surface area contributed by atoms with Gasteiger partial charge in [0.15, 0.2) is 0 Å². The van der Waals surface area contributed by atoms with Gasteiger partial charge in [0.25, 0.3) is 0 Å². The summed E-state index contributed by atoms with van der Waals surface area (Å²) in [5.74, 6) is -1.50. The summed E-state index contributed by atoms with van der Waals surface area (Å²) in [6, 6.07) is 7.85. The molecule has 3 N–H and O–H groups in total. The van der Waals surface area contributed by atoms with Gasteiger partial charge in [0.05, 0.1) is 6.42 Å². The molecule has 1 heterocycles. The van der Waals surface area contributed by atoms with Crippen LogP contribution in [0.25, 0.3) is 0 Å². The third kappa shape index (κ3) is 4.12. The highest BCUT2D eigenvalue weighted by Gasteiger charge is 2.20. The summed E-state index contributed by atoms with van der Waals surface area (Å²) < 4.78 is 12.9. The number of aryl methyl sites for hydroxylation is 1. The van der Waals surface area contributed by atoms with Crippen LogP contribution in [0.3, 0.4) is 0 Å². The van der Waals surface area contributed by atoms with Crippen molar-refractivity contribution in [2.24, 2.45) is 5.73 Å². The number of carbonyl (C=O) groups is 2. The normalized spacial score (nSPS) is 11.7. The van der Waals surface area contributed by atoms with E-state index in [4.69, 9.17) is 5.73 Å². The average molecular weight is 301 g/mol. The Hall–Kier alpha value is -2.76. The van der Waals surface area contributed by atoms with E-state index in [0.717, 1.165) is 11.3 Å². The lowest BCUT2D eigenvalue weighted by atomic mass is 10.1. The van der Waals surface area contributed by atoms with Crippen molar-refractivity contribution in [1.29, 1.82) is 0 Å². The van der Waals surface area contributed by atoms with E-state index < -0.39 is 17.8 Å². The minimum absolute atomic E-state index is 0.0816. The first-order valence-electron chi connectivity index (χ1n) is 6.71. The lowest BCUT2D eigenvalue weighted by molar-refractivity contribution is -0.127. The van der Waals surface area contributed by atoms with Gasteiger partial charge in [-0.3, -0.25) is 14.6 Å². The summed E-state index contributed by atoms with van der Waals surface area (Å²) in [5.41, 5.74) is 7.32. The molecule has 0 bridgehead atoms. The van der Waals surface area contributed by atoms with E-state index in [1.54, 1.807) is 18.3 Å². The molecule has 2 aromatic rings. The summed E-state index contributed by atoms with van der Waals surface area (Å²) >= 11 is 0. The lowest BCUT2D eigenvalue weighted by Crippen LogP contribution is -2.38. The molecule has 22 heavy (non-hydrogen) atoms. The first-order chi connectivity index (χ1) is 10.5. The molecule has 0 aliphatic rings. The van der Waals surface area contributed by atoms with Crippen LogP contribution in [0.2, 0.25) is 0 Å². The molecule has 0 radical (unpaired) electrons. The first-order valence-corrected chi connectivity index (χ1v) is 6.71. The number of nitrogens with two attached hydrogens (primary N) is 1. The van der Waals surface area contributed by atoms with Crippen molar-refractivity contribution >= 4 is 11.8 Å². The van der Waals surface area contributed by atoms with Crippen molar-refractivity contribution in [3.63, 3.8) is 0 Å². The van der Waals surface area contributed by atoms with Crippen LogP contribution in [0, 0.1) is 12.7 Å². The van der Waals surface area contributed by atoms with Crippen molar-refractivity contribution in [3.05, 3.63) is 65.2 Å². The summed E-state index contributed by atoms with van der Waals surface area (Å²) in [6.07, 6.45) is 1.68. The molecule has 5 nitrogen and oxygen atoms in total. The molecule has 0 aliphatic heterocycles. The van der Waals surface area contributed by atoms with Gasteiger partial charge in [-0.25, -0.2) is 4.39 Å². The van der Waals surface area contributed by atoms with Crippen LogP contribution in [0.4, 0.5) is 4.39 Å². The molecule has 1 atom stereocenters. The Morgan fingerprint density at radius 1 is 1.23 bits per heavy atom. The molecule has 2 rings (SSSR count). The Labute approximate surface area is 127 Å². The maximum Gasteiger partial charge on any atom is 0.244 e. The predicted molar refractivity (Wildman–Crippen MR) is 79.2 cm³/mol. The molecule has 0 spiro atoms. The standard InChI is InChI=1S/C16H16FN3O2/c1-10-2-3-11(9-19-10)8-14(21)20-15(16(18)22)12-4-6-13(17)7-5-12/h2-7,9,15H,8H2,1H3,(H2,18,22)(H,20,21)/t15-/m0/s1. The minimum atomic E-state index is -0.994. The van der Waals surface area contributed by atoms with Crippen LogP contribution in [-0.2, 0) is 16.0 Å². The highest BCUT2D eigenvalue weighted by Crippen LogP contribution is 2.14. The third-order valence-corrected chi connectivity index (χ3v) is 3.13. The zero-order valence-corrected chi connectivity index (χ0v) is 12.0. The Balaban J connectivity index is 2.07. The molecule has 1 aromatic carbocycles. The molecule has 0 unspecified atom stereocenters. The number of pyridine rings is 1. The van der Waals surface area contributed by atoms with Gasteiger partial charge >= 0.3 is 0 Å². The van der Waals surface area contributed by atoms with E-state index in [1.165, 1.54) is 24.3 Å². The number of hydrogen-bond donors (Lipinski definition) is 2. The Morgan fingerprint density at radius 2 is 1.91 bits per heavy atom. The van der Waals surface area contributed by atoms with Gasteiger partial charge in [-0.1, -0.05) is 18.2 Å². The number of rotatable bonds is 5. The molecular weight excluding hydrogens is 285 g/mol. The lowest BCUT2D eigenvalue weighted by Gasteiger charge is -2.16. The van der Waals surface area contributed by atoms with Crippen LogP contribution < -0.4 is 11.1 Å². The largest absolute Gasteiger partial charge is 0.368 e. The van der Waals surface area contributed by atoms with E-state index in [9.17, 15) is 14.0 Å². The quantitative estimate of drug-likeness (QED) is 0.875. The molecule has 0 saturated carbocycles. The number of amides is 2. The van der Waals surface area contributed by atoms with Crippen molar-refractivity contribution in [2.45, 2.75) is 19.4 Å². The highest BCUT2D eigenvalue weighted by atomic mass is 19.1. The number of nitrogens with one attached hydrogen (secondary N) is 1. The molecule has 0 aliphatic carbocycles. The van der Waals surface area contributed by atoms with Crippen molar-refractivity contribution in [2.75, 3.05) is 0 Å². The highest BCUT2D eigenvalue weighted by molar-refractivity contribution is 5.88. The first kappa shape index (κ1) is 15.6. The number of nitrogens with zero attached hydrogens (tertiary/aromatic N) is 1.